The van der Waals surface area contributed by atoms with E-state index in [2.05, 4.69) is 177 Å². The number of rotatable bonds is 3. The fourth-order valence-electron chi connectivity index (χ4n) is 6.99. The van der Waals surface area contributed by atoms with E-state index >= 15 is 0 Å². The highest BCUT2D eigenvalue weighted by Gasteiger charge is 2.46. The largest absolute Gasteiger partial charge is 0.0714 e. The summed E-state index contributed by atoms with van der Waals surface area (Å²) in [6.07, 6.45) is 0. The van der Waals surface area contributed by atoms with Crippen molar-refractivity contribution in [1.82, 2.24) is 0 Å². The van der Waals surface area contributed by atoms with Crippen molar-refractivity contribution in [2.45, 2.75) is 5.41 Å². The summed E-state index contributed by atoms with van der Waals surface area (Å²) >= 11 is 7.89. The summed E-state index contributed by atoms with van der Waals surface area (Å²) in [5, 5.41) is 4.96. The molecular formula is C39H24Br2. The van der Waals surface area contributed by atoms with Gasteiger partial charge in [0.2, 0.25) is 0 Å². The third-order valence-electron chi connectivity index (χ3n) is 8.65. The fraction of sp³-hybridized carbons (Fsp3) is 0.0256. The molecule has 0 aromatic heterocycles. The van der Waals surface area contributed by atoms with Gasteiger partial charge in [0.05, 0.1) is 5.41 Å². The zero-order valence-electron chi connectivity index (χ0n) is 22.1. The standard InChI is InChI=1S/C39H24Br2/c40-28-20-21-29-32-23-34-33(37(25-12-4-1-5-13-25)30-18-10-11-19-31(30)38(34)41)24-36(32)39(35(29)22-28,26-14-6-2-7-15-26)27-16-8-3-9-17-27/h1-24H. The van der Waals surface area contributed by atoms with Crippen LogP contribution in [0.2, 0.25) is 0 Å². The lowest BCUT2D eigenvalue weighted by Crippen LogP contribution is -2.28. The molecule has 194 valence electrons. The van der Waals surface area contributed by atoms with Crippen molar-refractivity contribution >= 4 is 53.4 Å². The average molecular weight is 652 g/mol. The number of benzene rings is 7. The second-order valence-electron chi connectivity index (χ2n) is 10.7. The summed E-state index contributed by atoms with van der Waals surface area (Å²) in [5.74, 6) is 0. The molecule has 1 aliphatic rings. The van der Waals surface area contributed by atoms with E-state index in [9.17, 15) is 0 Å². The number of hydrogen-bond acceptors (Lipinski definition) is 0. The lowest BCUT2D eigenvalue weighted by Gasteiger charge is -2.34. The van der Waals surface area contributed by atoms with Gasteiger partial charge in [0.25, 0.3) is 0 Å². The Labute approximate surface area is 256 Å². The molecule has 0 radical (unpaired) electrons. The summed E-state index contributed by atoms with van der Waals surface area (Å²) in [6.45, 7) is 0. The molecule has 0 bridgehead atoms. The van der Waals surface area contributed by atoms with E-state index in [4.69, 9.17) is 0 Å². The Hall–Kier alpha value is -3.98. The van der Waals surface area contributed by atoms with Crippen LogP contribution in [0.3, 0.4) is 0 Å². The minimum atomic E-state index is -0.461. The first kappa shape index (κ1) is 24.8. The Balaban J connectivity index is 1.61. The topological polar surface area (TPSA) is 0 Å². The Kier molecular flexibility index (Phi) is 5.77. The van der Waals surface area contributed by atoms with E-state index in [1.165, 1.54) is 66.1 Å². The van der Waals surface area contributed by atoms with Gasteiger partial charge in [0.1, 0.15) is 0 Å². The predicted molar refractivity (Wildman–Crippen MR) is 180 cm³/mol. The van der Waals surface area contributed by atoms with Crippen LogP contribution in [0.1, 0.15) is 22.3 Å². The lowest BCUT2D eigenvalue weighted by molar-refractivity contribution is 0.769. The van der Waals surface area contributed by atoms with Gasteiger partial charge in [-0.2, -0.15) is 0 Å². The highest BCUT2D eigenvalue weighted by Crippen LogP contribution is 2.58. The first-order chi connectivity index (χ1) is 20.2. The normalized spacial score (nSPS) is 13.3. The molecule has 0 saturated heterocycles. The maximum absolute atomic E-state index is 4.06. The van der Waals surface area contributed by atoms with Gasteiger partial charge in [-0.15, -0.1) is 0 Å². The van der Waals surface area contributed by atoms with E-state index in [1.54, 1.807) is 0 Å². The molecule has 8 rings (SSSR count). The van der Waals surface area contributed by atoms with Gasteiger partial charge in [-0.05, 0) is 106 Å². The van der Waals surface area contributed by atoms with Crippen LogP contribution in [-0.2, 0) is 5.41 Å². The van der Waals surface area contributed by atoms with Crippen LogP contribution in [0.5, 0.6) is 0 Å². The second kappa shape index (κ2) is 9.55. The molecule has 0 heterocycles. The highest BCUT2D eigenvalue weighted by molar-refractivity contribution is 9.11. The maximum atomic E-state index is 4.06. The molecule has 0 saturated carbocycles. The van der Waals surface area contributed by atoms with Crippen LogP contribution in [0.25, 0.3) is 43.8 Å². The third-order valence-corrected chi connectivity index (χ3v) is 10.00. The molecule has 0 N–H and O–H groups in total. The molecule has 0 nitrogen and oxygen atoms in total. The molecule has 7 aromatic rings. The Morgan fingerprint density at radius 2 is 0.976 bits per heavy atom. The van der Waals surface area contributed by atoms with Gasteiger partial charge in [-0.3, -0.25) is 0 Å². The third kappa shape index (κ3) is 3.57. The van der Waals surface area contributed by atoms with E-state index < -0.39 is 5.41 Å². The SMILES string of the molecule is Brc1ccc2c(c1)C(c1ccccc1)(c1ccccc1)c1cc3c(-c4ccccc4)c4ccccc4c(Br)c3cc1-2. The molecule has 0 fully saturated rings. The average Bonchev–Trinajstić information content (AvgIpc) is 3.31. The van der Waals surface area contributed by atoms with Crippen LogP contribution in [0.15, 0.2) is 155 Å². The summed E-state index contributed by atoms with van der Waals surface area (Å²) < 4.78 is 2.22. The number of hydrogen-bond donors (Lipinski definition) is 0. The second-order valence-corrected chi connectivity index (χ2v) is 12.4. The molecule has 0 atom stereocenters. The van der Waals surface area contributed by atoms with Crippen molar-refractivity contribution in [1.29, 1.82) is 0 Å². The summed E-state index contributed by atoms with van der Waals surface area (Å²) in [6, 6.07) is 53.3. The predicted octanol–water partition coefficient (Wildman–Crippen LogP) is 11.5. The van der Waals surface area contributed by atoms with Crippen LogP contribution < -0.4 is 0 Å². The van der Waals surface area contributed by atoms with E-state index in [1.807, 2.05) is 0 Å². The molecule has 0 amide bonds. The monoisotopic (exact) mass is 650 g/mol. The van der Waals surface area contributed by atoms with Crippen molar-refractivity contribution in [3.8, 4) is 22.3 Å². The lowest BCUT2D eigenvalue weighted by atomic mass is 9.67. The summed E-state index contributed by atoms with van der Waals surface area (Å²) in [4.78, 5) is 0. The first-order valence-corrected chi connectivity index (χ1v) is 15.4. The molecule has 7 aromatic carbocycles. The Morgan fingerprint density at radius 3 is 1.63 bits per heavy atom. The van der Waals surface area contributed by atoms with Crippen LogP contribution in [-0.4, -0.2) is 0 Å². The van der Waals surface area contributed by atoms with Crippen molar-refractivity contribution in [3.05, 3.63) is 177 Å². The quantitative estimate of drug-likeness (QED) is 0.167. The minimum Gasteiger partial charge on any atom is -0.0622 e. The molecule has 0 unspecified atom stereocenters. The highest BCUT2D eigenvalue weighted by atomic mass is 79.9. The van der Waals surface area contributed by atoms with Crippen LogP contribution >= 0.6 is 31.9 Å². The number of halogens is 2. The zero-order valence-corrected chi connectivity index (χ0v) is 25.3. The van der Waals surface area contributed by atoms with E-state index in [0.717, 1.165) is 8.95 Å². The van der Waals surface area contributed by atoms with Crippen molar-refractivity contribution in [3.63, 3.8) is 0 Å². The molecule has 41 heavy (non-hydrogen) atoms. The van der Waals surface area contributed by atoms with Gasteiger partial charge in [0.15, 0.2) is 0 Å². The Bertz CT molecular complexity index is 2060. The van der Waals surface area contributed by atoms with Gasteiger partial charge in [0, 0.05) is 8.95 Å². The Morgan fingerprint density at radius 1 is 0.415 bits per heavy atom. The molecule has 0 spiro atoms. The smallest absolute Gasteiger partial charge is 0.0622 e. The van der Waals surface area contributed by atoms with E-state index in [0.29, 0.717) is 0 Å². The van der Waals surface area contributed by atoms with Crippen LogP contribution in [0.4, 0.5) is 0 Å². The van der Waals surface area contributed by atoms with Gasteiger partial charge >= 0.3 is 0 Å². The molecule has 0 aliphatic heterocycles. The summed E-state index contributed by atoms with van der Waals surface area (Å²) in [7, 11) is 0. The van der Waals surface area contributed by atoms with Gasteiger partial charge in [-0.1, -0.05) is 137 Å². The molecular weight excluding hydrogens is 628 g/mol. The van der Waals surface area contributed by atoms with Crippen LogP contribution in [0, 0.1) is 0 Å². The molecule has 1 aliphatic carbocycles. The van der Waals surface area contributed by atoms with Gasteiger partial charge in [-0.25, -0.2) is 0 Å². The first-order valence-electron chi connectivity index (χ1n) is 13.8. The number of fused-ring (bicyclic) bond motifs is 5. The van der Waals surface area contributed by atoms with Crippen molar-refractivity contribution in [2.24, 2.45) is 0 Å². The van der Waals surface area contributed by atoms with Gasteiger partial charge < -0.3 is 0 Å². The van der Waals surface area contributed by atoms with Crippen molar-refractivity contribution in [2.75, 3.05) is 0 Å². The molecule has 2 heteroatoms. The van der Waals surface area contributed by atoms with Crippen molar-refractivity contribution < 1.29 is 0 Å². The summed E-state index contributed by atoms with van der Waals surface area (Å²) in [5.41, 5.74) is 9.75. The van der Waals surface area contributed by atoms with E-state index in [-0.39, 0.29) is 0 Å². The maximum Gasteiger partial charge on any atom is 0.0714 e. The zero-order chi connectivity index (χ0) is 27.6. The fourth-order valence-corrected chi connectivity index (χ4v) is 8.03. The minimum absolute atomic E-state index is 0.461.